The number of hydrogen-bond donors (Lipinski definition) is 1. The van der Waals surface area contributed by atoms with Crippen molar-refractivity contribution in [2.24, 2.45) is 0 Å². The molecule has 0 aliphatic rings. The van der Waals surface area contributed by atoms with Crippen molar-refractivity contribution in [1.82, 2.24) is 9.97 Å². The minimum Gasteiger partial charge on any atom is -0.365 e. The van der Waals surface area contributed by atoms with Crippen LogP contribution in [0.1, 0.15) is 31.9 Å². The number of halogens is 2. The average molecular weight is 403 g/mol. The van der Waals surface area contributed by atoms with E-state index in [4.69, 9.17) is 9.97 Å². The Balaban J connectivity index is 1.70. The van der Waals surface area contributed by atoms with Gasteiger partial charge in [0.05, 0.1) is 5.52 Å². The highest BCUT2D eigenvalue weighted by Crippen LogP contribution is 2.28. The molecule has 0 aliphatic carbocycles. The van der Waals surface area contributed by atoms with Gasteiger partial charge in [-0.15, -0.1) is 0 Å². The van der Waals surface area contributed by atoms with Gasteiger partial charge in [0.15, 0.2) is 5.82 Å². The van der Waals surface area contributed by atoms with Crippen LogP contribution in [0.5, 0.6) is 0 Å². The maximum absolute atomic E-state index is 14.0. The number of benzene rings is 3. The maximum atomic E-state index is 14.0. The summed E-state index contributed by atoms with van der Waals surface area (Å²) in [7, 11) is 0. The number of rotatable bonds is 4. The minimum atomic E-state index is -0.593. The zero-order chi connectivity index (χ0) is 21.3. The SMILES string of the molecule is CC(C)(C)c1ccc(-c2nc(NCc3ccc(F)cc3F)c3ccccc3n2)cc1. The molecule has 1 aromatic heterocycles. The van der Waals surface area contributed by atoms with Crippen LogP contribution in [0.3, 0.4) is 0 Å². The lowest BCUT2D eigenvalue weighted by Gasteiger charge is -2.19. The third-order valence-electron chi connectivity index (χ3n) is 5.07. The van der Waals surface area contributed by atoms with Crippen molar-refractivity contribution in [2.45, 2.75) is 32.7 Å². The molecule has 0 radical (unpaired) electrons. The van der Waals surface area contributed by atoms with Crippen LogP contribution < -0.4 is 5.32 Å². The zero-order valence-corrected chi connectivity index (χ0v) is 17.2. The van der Waals surface area contributed by atoms with E-state index < -0.39 is 11.6 Å². The molecule has 0 saturated carbocycles. The molecule has 4 aromatic rings. The highest BCUT2D eigenvalue weighted by molar-refractivity contribution is 5.90. The van der Waals surface area contributed by atoms with Gasteiger partial charge in [-0.2, -0.15) is 0 Å². The summed E-state index contributed by atoms with van der Waals surface area (Å²) in [5.74, 6) is 0.0269. The van der Waals surface area contributed by atoms with Crippen LogP contribution in [0.2, 0.25) is 0 Å². The molecule has 152 valence electrons. The first-order valence-electron chi connectivity index (χ1n) is 9.87. The van der Waals surface area contributed by atoms with Crippen LogP contribution in [-0.4, -0.2) is 9.97 Å². The second-order valence-corrected chi connectivity index (χ2v) is 8.33. The lowest BCUT2D eigenvalue weighted by Crippen LogP contribution is -2.10. The normalized spacial score (nSPS) is 11.6. The predicted octanol–water partition coefficient (Wildman–Crippen LogP) is 6.48. The molecule has 0 amide bonds. The Morgan fingerprint density at radius 2 is 1.60 bits per heavy atom. The number of para-hydroxylation sites is 1. The number of fused-ring (bicyclic) bond motifs is 1. The van der Waals surface area contributed by atoms with E-state index in [1.807, 2.05) is 36.4 Å². The van der Waals surface area contributed by atoms with E-state index in [-0.39, 0.29) is 12.0 Å². The van der Waals surface area contributed by atoms with Crippen LogP contribution in [0.25, 0.3) is 22.3 Å². The molecule has 3 nitrogen and oxygen atoms in total. The molecule has 3 aromatic carbocycles. The fourth-order valence-electron chi connectivity index (χ4n) is 3.30. The Bertz CT molecular complexity index is 1200. The third-order valence-corrected chi connectivity index (χ3v) is 5.07. The van der Waals surface area contributed by atoms with Crippen molar-refractivity contribution in [3.05, 3.63) is 89.5 Å². The number of nitrogens with one attached hydrogen (secondary N) is 1. The molecule has 0 aliphatic heterocycles. The molecule has 0 spiro atoms. The van der Waals surface area contributed by atoms with Crippen molar-refractivity contribution in [2.75, 3.05) is 5.32 Å². The smallest absolute Gasteiger partial charge is 0.162 e. The summed E-state index contributed by atoms with van der Waals surface area (Å²) < 4.78 is 27.2. The fourth-order valence-corrected chi connectivity index (χ4v) is 3.30. The summed E-state index contributed by atoms with van der Waals surface area (Å²) in [5, 5.41) is 4.04. The molecule has 5 heteroatoms. The third kappa shape index (κ3) is 4.15. The monoisotopic (exact) mass is 403 g/mol. The van der Waals surface area contributed by atoms with Crippen LogP contribution in [0.15, 0.2) is 66.7 Å². The van der Waals surface area contributed by atoms with E-state index in [1.54, 1.807) is 0 Å². The van der Waals surface area contributed by atoms with Crippen LogP contribution in [-0.2, 0) is 12.0 Å². The number of aromatic nitrogens is 2. The molecule has 1 heterocycles. The molecule has 0 unspecified atom stereocenters. The summed E-state index contributed by atoms with van der Waals surface area (Å²) in [4.78, 5) is 9.41. The van der Waals surface area contributed by atoms with Gasteiger partial charge in [0.1, 0.15) is 17.5 Å². The molecule has 0 bridgehead atoms. The molecule has 0 atom stereocenters. The van der Waals surface area contributed by atoms with Crippen LogP contribution in [0.4, 0.5) is 14.6 Å². The van der Waals surface area contributed by atoms with Gasteiger partial charge in [-0.1, -0.05) is 63.2 Å². The van der Waals surface area contributed by atoms with Crippen molar-refractivity contribution in [3.8, 4) is 11.4 Å². The summed E-state index contributed by atoms with van der Waals surface area (Å²) >= 11 is 0. The van der Waals surface area contributed by atoms with Crippen molar-refractivity contribution in [1.29, 1.82) is 0 Å². The molecule has 30 heavy (non-hydrogen) atoms. The first-order valence-corrected chi connectivity index (χ1v) is 9.87. The van der Waals surface area contributed by atoms with Gasteiger partial charge in [0, 0.05) is 29.1 Å². The Morgan fingerprint density at radius 3 is 2.30 bits per heavy atom. The van der Waals surface area contributed by atoms with Gasteiger partial charge in [-0.3, -0.25) is 0 Å². The molecule has 0 saturated heterocycles. The van der Waals surface area contributed by atoms with Gasteiger partial charge >= 0.3 is 0 Å². The second-order valence-electron chi connectivity index (χ2n) is 8.33. The average Bonchev–Trinajstić information content (AvgIpc) is 2.72. The van der Waals surface area contributed by atoms with Crippen molar-refractivity contribution < 1.29 is 8.78 Å². The molecular weight excluding hydrogens is 380 g/mol. The van der Waals surface area contributed by atoms with E-state index >= 15 is 0 Å². The molecule has 4 rings (SSSR count). The standard InChI is InChI=1S/C25H23F2N3/c1-25(2,3)18-11-8-16(9-12-18)23-29-22-7-5-4-6-20(22)24(30-23)28-15-17-10-13-19(26)14-21(17)27/h4-14H,15H2,1-3H3,(H,28,29,30). The number of hydrogen-bond acceptors (Lipinski definition) is 3. The van der Waals surface area contributed by atoms with E-state index in [1.165, 1.54) is 17.7 Å². The van der Waals surface area contributed by atoms with E-state index in [0.717, 1.165) is 22.5 Å². The minimum absolute atomic E-state index is 0.0642. The summed E-state index contributed by atoms with van der Waals surface area (Å²) in [6.07, 6.45) is 0. The number of nitrogens with zero attached hydrogens (tertiary/aromatic N) is 2. The van der Waals surface area contributed by atoms with Gasteiger partial charge in [0.2, 0.25) is 0 Å². The Morgan fingerprint density at radius 1 is 0.867 bits per heavy atom. The van der Waals surface area contributed by atoms with Crippen LogP contribution >= 0.6 is 0 Å². The first kappa shape index (κ1) is 20.0. The van der Waals surface area contributed by atoms with Gasteiger partial charge in [0.25, 0.3) is 0 Å². The summed E-state index contributed by atoms with van der Waals surface area (Å²) in [6.45, 7) is 6.71. The van der Waals surface area contributed by atoms with Gasteiger partial charge in [-0.25, -0.2) is 18.7 Å². The summed E-state index contributed by atoms with van der Waals surface area (Å²) in [5.41, 5.74) is 3.37. The van der Waals surface area contributed by atoms with Gasteiger partial charge in [-0.05, 0) is 29.2 Å². The van der Waals surface area contributed by atoms with Crippen molar-refractivity contribution >= 4 is 16.7 Å². The highest BCUT2D eigenvalue weighted by Gasteiger charge is 2.15. The predicted molar refractivity (Wildman–Crippen MR) is 117 cm³/mol. The topological polar surface area (TPSA) is 37.8 Å². The Hall–Kier alpha value is -3.34. The van der Waals surface area contributed by atoms with Crippen LogP contribution in [0, 0.1) is 11.6 Å². The molecule has 0 fully saturated rings. The maximum Gasteiger partial charge on any atom is 0.162 e. The van der Waals surface area contributed by atoms with Crippen molar-refractivity contribution in [3.63, 3.8) is 0 Å². The lowest BCUT2D eigenvalue weighted by atomic mass is 9.87. The Kier molecular flexibility index (Phi) is 5.20. The molecular formula is C25H23F2N3. The highest BCUT2D eigenvalue weighted by atomic mass is 19.1. The number of anilines is 1. The lowest BCUT2D eigenvalue weighted by molar-refractivity contribution is 0.574. The van der Waals surface area contributed by atoms with E-state index in [0.29, 0.717) is 17.2 Å². The first-order chi connectivity index (χ1) is 14.3. The largest absolute Gasteiger partial charge is 0.365 e. The zero-order valence-electron chi connectivity index (χ0n) is 17.2. The molecule has 1 N–H and O–H groups in total. The Labute approximate surface area is 174 Å². The second kappa shape index (κ2) is 7.82. The fraction of sp³-hybridized carbons (Fsp3) is 0.200. The van der Waals surface area contributed by atoms with E-state index in [2.05, 4.69) is 38.2 Å². The van der Waals surface area contributed by atoms with Gasteiger partial charge < -0.3 is 5.32 Å². The summed E-state index contributed by atoms with van der Waals surface area (Å²) in [6, 6.07) is 19.5. The quantitative estimate of drug-likeness (QED) is 0.423. The van der Waals surface area contributed by atoms with E-state index in [9.17, 15) is 8.78 Å².